The molecule has 2 N–H and O–H groups in total. The van der Waals surface area contributed by atoms with Crippen LogP contribution in [0.15, 0.2) is 0 Å². The predicted octanol–water partition coefficient (Wildman–Crippen LogP) is 2.21. The quantitative estimate of drug-likeness (QED) is 0.848. The van der Waals surface area contributed by atoms with Gasteiger partial charge in [0.15, 0.2) is 0 Å². The minimum Gasteiger partial charge on any atom is -0.388 e. The number of hydrogen-bond donors (Lipinski definition) is 2. The van der Waals surface area contributed by atoms with Crippen LogP contribution in [0.1, 0.15) is 44.9 Å². The first-order valence-electron chi connectivity index (χ1n) is 6.01. The van der Waals surface area contributed by atoms with Crippen molar-refractivity contribution in [3.63, 3.8) is 0 Å². The van der Waals surface area contributed by atoms with Gasteiger partial charge in [-0.1, -0.05) is 26.2 Å². The fraction of sp³-hybridized carbons (Fsp3) is 0.818. The van der Waals surface area contributed by atoms with E-state index in [1.807, 2.05) is 6.92 Å². The number of anilines is 1. The van der Waals surface area contributed by atoms with Crippen molar-refractivity contribution in [2.45, 2.75) is 51.0 Å². The third-order valence-corrected chi connectivity index (χ3v) is 3.85. The summed E-state index contributed by atoms with van der Waals surface area (Å²) >= 11 is 1.38. The molecule has 0 spiro atoms. The van der Waals surface area contributed by atoms with E-state index in [-0.39, 0.29) is 0 Å². The van der Waals surface area contributed by atoms with Crippen molar-refractivity contribution in [1.29, 1.82) is 0 Å². The lowest BCUT2D eigenvalue weighted by Gasteiger charge is -2.31. The fourth-order valence-electron chi connectivity index (χ4n) is 2.10. The van der Waals surface area contributed by atoms with E-state index in [1.165, 1.54) is 18.0 Å². The molecule has 1 aliphatic carbocycles. The molecule has 0 aliphatic heterocycles. The topological polar surface area (TPSA) is 58.0 Å². The van der Waals surface area contributed by atoms with Gasteiger partial charge >= 0.3 is 0 Å². The molecular formula is C11H19N3OS. The highest BCUT2D eigenvalue weighted by Crippen LogP contribution is 2.28. The Labute approximate surface area is 100 Å². The summed E-state index contributed by atoms with van der Waals surface area (Å²) in [6, 6.07) is 0. The number of hydrogen-bond acceptors (Lipinski definition) is 5. The van der Waals surface area contributed by atoms with Crippen LogP contribution in [0.25, 0.3) is 0 Å². The van der Waals surface area contributed by atoms with Crippen LogP contribution in [0.2, 0.25) is 0 Å². The molecule has 1 fully saturated rings. The second-order valence-corrected chi connectivity index (χ2v) is 5.26. The number of aliphatic hydroxyl groups is 1. The second-order valence-electron chi connectivity index (χ2n) is 4.51. The van der Waals surface area contributed by atoms with Crippen LogP contribution in [0, 0.1) is 0 Å². The summed E-state index contributed by atoms with van der Waals surface area (Å²) < 4.78 is 4.21. The van der Waals surface area contributed by atoms with Crippen molar-refractivity contribution in [3.05, 3.63) is 5.82 Å². The van der Waals surface area contributed by atoms with E-state index in [0.29, 0.717) is 6.54 Å². The van der Waals surface area contributed by atoms with Crippen molar-refractivity contribution in [2.75, 3.05) is 11.9 Å². The summed E-state index contributed by atoms with van der Waals surface area (Å²) in [6.07, 6.45) is 6.19. The van der Waals surface area contributed by atoms with Crippen molar-refractivity contribution < 1.29 is 5.11 Å². The van der Waals surface area contributed by atoms with E-state index in [2.05, 4.69) is 14.7 Å². The van der Waals surface area contributed by atoms with Crippen LogP contribution in [0.3, 0.4) is 0 Å². The lowest BCUT2D eigenvalue weighted by molar-refractivity contribution is 0.0167. The molecule has 0 unspecified atom stereocenters. The van der Waals surface area contributed by atoms with Gasteiger partial charge in [0.05, 0.1) is 5.60 Å². The molecule has 16 heavy (non-hydrogen) atoms. The number of nitrogens with zero attached hydrogens (tertiary/aromatic N) is 2. The molecule has 5 heteroatoms. The third kappa shape index (κ3) is 2.92. The zero-order valence-corrected chi connectivity index (χ0v) is 10.5. The Kier molecular flexibility index (Phi) is 3.76. The zero-order valence-electron chi connectivity index (χ0n) is 9.70. The van der Waals surface area contributed by atoms with E-state index < -0.39 is 5.60 Å². The van der Waals surface area contributed by atoms with Gasteiger partial charge in [-0.15, -0.1) is 0 Å². The van der Waals surface area contributed by atoms with E-state index >= 15 is 0 Å². The number of rotatable bonds is 4. The first kappa shape index (κ1) is 11.8. The smallest absolute Gasteiger partial charge is 0.202 e. The van der Waals surface area contributed by atoms with E-state index in [1.54, 1.807) is 0 Å². The molecule has 0 amide bonds. The molecular weight excluding hydrogens is 222 g/mol. The molecule has 0 saturated heterocycles. The standard InChI is InChI=1S/C11H19N3OS/c1-2-9-13-10(16-14-9)12-8-11(15)6-4-3-5-7-11/h15H,2-8H2,1H3,(H,12,13,14). The van der Waals surface area contributed by atoms with Gasteiger partial charge in [0.25, 0.3) is 0 Å². The first-order chi connectivity index (χ1) is 7.72. The van der Waals surface area contributed by atoms with Crippen molar-refractivity contribution >= 4 is 16.7 Å². The molecule has 1 aromatic heterocycles. The Hall–Kier alpha value is -0.680. The summed E-state index contributed by atoms with van der Waals surface area (Å²) in [6.45, 7) is 2.64. The lowest BCUT2D eigenvalue weighted by atomic mass is 9.85. The third-order valence-electron chi connectivity index (χ3n) is 3.14. The Morgan fingerprint density at radius 3 is 2.75 bits per heavy atom. The van der Waals surface area contributed by atoms with Crippen LogP contribution < -0.4 is 5.32 Å². The van der Waals surface area contributed by atoms with Crippen LogP contribution in [-0.4, -0.2) is 26.6 Å². The molecule has 1 aromatic rings. The van der Waals surface area contributed by atoms with Gasteiger partial charge in [0.1, 0.15) is 5.82 Å². The lowest BCUT2D eigenvalue weighted by Crippen LogP contribution is -2.38. The number of aromatic nitrogens is 2. The van der Waals surface area contributed by atoms with Gasteiger partial charge in [-0.05, 0) is 12.8 Å². The highest BCUT2D eigenvalue weighted by atomic mass is 32.1. The molecule has 1 aliphatic rings. The molecule has 0 radical (unpaired) electrons. The maximum absolute atomic E-state index is 10.3. The summed E-state index contributed by atoms with van der Waals surface area (Å²) in [4.78, 5) is 4.33. The van der Waals surface area contributed by atoms with Crippen LogP contribution in [-0.2, 0) is 6.42 Å². The SMILES string of the molecule is CCc1nsc(NCC2(O)CCCCC2)n1. The fourth-order valence-corrected chi connectivity index (χ4v) is 2.74. The maximum atomic E-state index is 10.3. The van der Waals surface area contributed by atoms with E-state index in [9.17, 15) is 5.11 Å². The molecule has 4 nitrogen and oxygen atoms in total. The van der Waals surface area contributed by atoms with Crippen molar-refractivity contribution in [3.8, 4) is 0 Å². The van der Waals surface area contributed by atoms with Gasteiger partial charge < -0.3 is 10.4 Å². The number of aryl methyl sites for hydroxylation is 1. The minimum atomic E-state index is -0.531. The Bertz CT molecular complexity index is 334. The summed E-state index contributed by atoms with van der Waals surface area (Å²) in [5.41, 5.74) is -0.531. The van der Waals surface area contributed by atoms with Crippen LogP contribution >= 0.6 is 11.5 Å². The van der Waals surface area contributed by atoms with Gasteiger partial charge in [-0.25, -0.2) is 4.98 Å². The molecule has 1 saturated carbocycles. The molecule has 0 atom stereocenters. The monoisotopic (exact) mass is 241 g/mol. The molecule has 1 heterocycles. The van der Waals surface area contributed by atoms with Crippen molar-refractivity contribution in [2.24, 2.45) is 0 Å². The van der Waals surface area contributed by atoms with Gasteiger partial charge in [-0.3, -0.25) is 0 Å². The van der Waals surface area contributed by atoms with Gasteiger partial charge in [0.2, 0.25) is 5.13 Å². The van der Waals surface area contributed by atoms with E-state index in [0.717, 1.165) is 43.1 Å². The van der Waals surface area contributed by atoms with E-state index in [4.69, 9.17) is 0 Å². The average molecular weight is 241 g/mol. The maximum Gasteiger partial charge on any atom is 0.202 e. The van der Waals surface area contributed by atoms with Gasteiger partial charge in [0, 0.05) is 24.5 Å². The summed E-state index contributed by atoms with van der Waals surface area (Å²) in [7, 11) is 0. The minimum absolute atomic E-state index is 0.531. The highest BCUT2D eigenvalue weighted by Gasteiger charge is 2.29. The van der Waals surface area contributed by atoms with Crippen LogP contribution in [0.5, 0.6) is 0 Å². The first-order valence-corrected chi connectivity index (χ1v) is 6.78. The van der Waals surface area contributed by atoms with Crippen LogP contribution in [0.4, 0.5) is 5.13 Å². The second kappa shape index (κ2) is 5.10. The molecule has 0 bridgehead atoms. The Morgan fingerprint density at radius 2 is 2.12 bits per heavy atom. The Morgan fingerprint density at radius 1 is 1.38 bits per heavy atom. The largest absolute Gasteiger partial charge is 0.388 e. The van der Waals surface area contributed by atoms with Gasteiger partial charge in [-0.2, -0.15) is 4.37 Å². The Balaban J connectivity index is 1.86. The zero-order chi connectivity index (χ0) is 11.4. The average Bonchev–Trinajstić information content (AvgIpc) is 2.75. The predicted molar refractivity (Wildman–Crippen MR) is 65.8 cm³/mol. The molecule has 90 valence electrons. The number of nitrogens with one attached hydrogen (secondary N) is 1. The van der Waals surface area contributed by atoms with Crippen molar-refractivity contribution in [1.82, 2.24) is 9.36 Å². The summed E-state index contributed by atoms with van der Waals surface area (Å²) in [5.74, 6) is 0.878. The molecule has 2 rings (SSSR count). The highest BCUT2D eigenvalue weighted by molar-refractivity contribution is 7.09. The summed E-state index contributed by atoms with van der Waals surface area (Å²) in [5, 5.41) is 14.3. The normalized spacial score (nSPS) is 19.6. The molecule has 0 aromatic carbocycles.